The molecule has 0 unspecified atom stereocenters. The molecule has 0 aliphatic carbocycles. The zero-order chi connectivity index (χ0) is 19.5. The summed E-state index contributed by atoms with van der Waals surface area (Å²) in [6, 6.07) is 14.6. The Bertz CT molecular complexity index is 1220. The third-order valence-electron chi connectivity index (χ3n) is 4.04. The van der Waals surface area contributed by atoms with Gasteiger partial charge in [-0.05, 0) is 24.3 Å². The Morgan fingerprint density at radius 2 is 1.93 bits per heavy atom. The Morgan fingerprint density at radius 1 is 1.14 bits per heavy atom. The Hall–Kier alpha value is -2.90. The van der Waals surface area contributed by atoms with Gasteiger partial charge >= 0.3 is 0 Å². The molecular weight excluding hydrogens is 396 g/mol. The molecule has 2 aromatic carbocycles. The predicted octanol–water partition coefficient (Wildman–Crippen LogP) is 4.58. The van der Waals surface area contributed by atoms with Crippen LogP contribution < -0.4 is 5.56 Å². The van der Waals surface area contributed by atoms with E-state index in [2.05, 4.69) is 21.7 Å². The summed E-state index contributed by atoms with van der Waals surface area (Å²) >= 11 is 7.55. The van der Waals surface area contributed by atoms with Gasteiger partial charge in [0, 0.05) is 6.54 Å². The number of nitrogens with zero attached hydrogens (tertiary/aromatic N) is 4. The van der Waals surface area contributed by atoms with Crippen LogP contribution in [0.3, 0.4) is 0 Å². The van der Waals surface area contributed by atoms with Gasteiger partial charge in [0.2, 0.25) is 0 Å². The van der Waals surface area contributed by atoms with Gasteiger partial charge in [-0.25, -0.2) is 4.98 Å². The van der Waals surface area contributed by atoms with Crippen molar-refractivity contribution >= 4 is 34.3 Å². The first-order chi connectivity index (χ1) is 13.7. The minimum absolute atomic E-state index is 0.0992. The molecule has 8 heteroatoms. The van der Waals surface area contributed by atoms with Crippen LogP contribution >= 0.6 is 23.4 Å². The lowest BCUT2D eigenvalue weighted by atomic mass is 10.2. The number of fused-ring (bicyclic) bond motifs is 1. The highest BCUT2D eigenvalue weighted by atomic mass is 35.5. The molecule has 140 valence electrons. The predicted molar refractivity (Wildman–Crippen MR) is 111 cm³/mol. The van der Waals surface area contributed by atoms with Gasteiger partial charge in [-0.15, -0.1) is 6.58 Å². The normalized spacial score (nSPS) is 11.0. The van der Waals surface area contributed by atoms with Crippen molar-refractivity contribution in [1.82, 2.24) is 19.7 Å². The Kier molecular flexibility index (Phi) is 5.27. The highest BCUT2D eigenvalue weighted by Gasteiger charge is 2.15. The van der Waals surface area contributed by atoms with Crippen molar-refractivity contribution in [3.63, 3.8) is 0 Å². The van der Waals surface area contributed by atoms with E-state index < -0.39 is 0 Å². The molecule has 0 radical (unpaired) electrons. The summed E-state index contributed by atoms with van der Waals surface area (Å²) in [5.74, 6) is 1.25. The minimum atomic E-state index is -0.0992. The maximum atomic E-state index is 12.8. The van der Waals surface area contributed by atoms with Gasteiger partial charge in [-0.3, -0.25) is 9.36 Å². The van der Waals surface area contributed by atoms with E-state index in [1.165, 1.54) is 11.8 Å². The summed E-state index contributed by atoms with van der Waals surface area (Å²) in [6.45, 7) is 4.10. The SMILES string of the molecule is C=CCn1c(SCc2noc(-c3ccccc3Cl)n2)nc2ccccc2c1=O. The van der Waals surface area contributed by atoms with Crippen LogP contribution in [-0.2, 0) is 12.3 Å². The highest BCUT2D eigenvalue weighted by Crippen LogP contribution is 2.27. The van der Waals surface area contributed by atoms with Crippen molar-refractivity contribution in [2.24, 2.45) is 0 Å². The van der Waals surface area contributed by atoms with E-state index in [1.54, 1.807) is 22.8 Å². The van der Waals surface area contributed by atoms with Crippen LogP contribution in [0.25, 0.3) is 22.4 Å². The van der Waals surface area contributed by atoms with Gasteiger partial charge in [0.05, 0.1) is 27.2 Å². The fourth-order valence-corrected chi connectivity index (χ4v) is 3.80. The maximum Gasteiger partial charge on any atom is 0.262 e. The van der Waals surface area contributed by atoms with Gasteiger partial charge < -0.3 is 4.52 Å². The van der Waals surface area contributed by atoms with Crippen molar-refractivity contribution < 1.29 is 4.52 Å². The molecule has 4 rings (SSSR count). The number of hydrogen-bond donors (Lipinski definition) is 0. The minimum Gasteiger partial charge on any atom is -0.334 e. The second kappa shape index (κ2) is 8.00. The molecule has 0 bridgehead atoms. The quantitative estimate of drug-likeness (QED) is 0.263. The van der Waals surface area contributed by atoms with E-state index in [-0.39, 0.29) is 5.56 Å². The summed E-state index contributed by atoms with van der Waals surface area (Å²) < 4.78 is 6.92. The Morgan fingerprint density at radius 3 is 2.75 bits per heavy atom. The first kappa shape index (κ1) is 18.5. The van der Waals surface area contributed by atoms with Crippen molar-refractivity contribution in [2.45, 2.75) is 17.5 Å². The largest absolute Gasteiger partial charge is 0.334 e. The third kappa shape index (κ3) is 3.58. The number of benzene rings is 2. The number of para-hydroxylation sites is 1. The van der Waals surface area contributed by atoms with E-state index in [9.17, 15) is 4.79 Å². The van der Waals surface area contributed by atoms with Crippen LogP contribution in [0.5, 0.6) is 0 Å². The molecular formula is C20H15ClN4O2S. The fraction of sp³-hybridized carbons (Fsp3) is 0.100. The van der Waals surface area contributed by atoms with E-state index in [4.69, 9.17) is 16.1 Å². The van der Waals surface area contributed by atoms with E-state index >= 15 is 0 Å². The summed E-state index contributed by atoms with van der Waals surface area (Å²) in [6.07, 6.45) is 1.67. The van der Waals surface area contributed by atoms with E-state index in [1.807, 2.05) is 36.4 Å². The molecule has 0 spiro atoms. The van der Waals surface area contributed by atoms with Crippen LogP contribution in [-0.4, -0.2) is 19.7 Å². The van der Waals surface area contributed by atoms with Gasteiger partial charge in [0.15, 0.2) is 11.0 Å². The summed E-state index contributed by atoms with van der Waals surface area (Å²) in [7, 11) is 0. The van der Waals surface area contributed by atoms with Crippen LogP contribution in [0.2, 0.25) is 5.02 Å². The van der Waals surface area contributed by atoms with Crippen molar-refractivity contribution in [3.05, 3.63) is 82.4 Å². The Labute approximate surface area is 169 Å². The summed E-state index contributed by atoms with van der Waals surface area (Å²) in [4.78, 5) is 21.8. The lowest BCUT2D eigenvalue weighted by molar-refractivity contribution is 0.425. The Balaban J connectivity index is 1.63. The molecule has 2 heterocycles. The number of hydrogen-bond acceptors (Lipinski definition) is 6. The summed E-state index contributed by atoms with van der Waals surface area (Å²) in [5, 5.41) is 5.71. The molecule has 0 amide bonds. The lowest BCUT2D eigenvalue weighted by Crippen LogP contribution is -2.22. The molecule has 0 atom stereocenters. The zero-order valence-electron chi connectivity index (χ0n) is 14.7. The number of allylic oxidation sites excluding steroid dienone is 1. The molecule has 0 N–H and O–H groups in total. The van der Waals surface area contributed by atoms with Crippen LogP contribution in [0, 0.1) is 0 Å². The average Bonchev–Trinajstić information content (AvgIpc) is 3.18. The van der Waals surface area contributed by atoms with Crippen LogP contribution in [0.4, 0.5) is 0 Å². The smallest absolute Gasteiger partial charge is 0.262 e. The van der Waals surface area contributed by atoms with Crippen molar-refractivity contribution in [2.75, 3.05) is 0 Å². The van der Waals surface area contributed by atoms with Gasteiger partial charge in [-0.1, -0.05) is 58.9 Å². The van der Waals surface area contributed by atoms with Crippen molar-refractivity contribution in [1.29, 1.82) is 0 Å². The fourth-order valence-electron chi connectivity index (χ4n) is 2.73. The molecule has 0 fully saturated rings. The van der Waals surface area contributed by atoms with Gasteiger partial charge in [0.1, 0.15) is 0 Å². The van der Waals surface area contributed by atoms with Crippen LogP contribution in [0.15, 0.2) is 75.7 Å². The number of halogens is 1. The molecule has 0 aliphatic heterocycles. The lowest BCUT2D eigenvalue weighted by Gasteiger charge is -2.10. The molecule has 4 aromatic rings. The van der Waals surface area contributed by atoms with E-state index in [0.29, 0.717) is 50.7 Å². The van der Waals surface area contributed by atoms with E-state index in [0.717, 1.165) is 0 Å². The second-order valence-corrected chi connectivity index (χ2v) is 7.25. The third-order valence-corrected chi connectivity index (χ3v) is 5.34. The second-order valence-electron chi connectivity index (χ2n) is 5.90. The topological polar surface area (TPSA) is 73.8 Å². The first-order valence-corrected chi connectivity index (χ1v) is 9.84. The summed E-state index contributed by atoms with van der Waals surface area (Å²) in [5.41, 5.74) is 1.23. The zero-order valence-corrected chi connectivity index (χ0v) is 16.3. The monoisotopic (exact) mass is 410 g/mol. The molecule has 0 saturated carbocycles. The highest BCUT2D eigenvalue weighted by molar-refractivity contribution is 7.98. The van der Waals surface area contributed by atoms with Crippen LogP contribution in [0.1, 0.15) is 5.82 Å². The van der Waals surface area contributed by atoms with Crippen molar-refractivity contribution in [3.8, 4) is 11.5 Å². The average molecular weight is 411 g/mol. The number of thioether (sulfide) groups is 1. The number of aromatic nitrogens is 4. The molecule has 6 nitrogen and oxygen atoms in total. The number of rotatable bonds is 6. The first-order valence-electron chi connectivity index (χ1n) is 8.48. The molecule has 28 heavy (non-hydrogen) atoms. The van der Waals surface area contributed by atoms with Gasteiger partial charge in [-0.2, -0.15) is 4.98 Å². The molecule has 0 saturated heterocycles. The molecule has 2 aromatic heterocycles. The standard InChI is InChI=1S/C20H15ClN4O2S/c1-2-11-25-19(26)14-8-4-6-10-16(14)22-20(25)28-12-17-23-18(27-24-17)13-7-3-5-9-15(13)21/h2-10H,1,11-12H2. The molecule has 0 aliphatic rings. The van der Waals surface area contributed by atoms with Gasteiger partial charge in [0.25, 0.3) is 11.4 Å². The maximum absolute atomic E-state index is 12.8.